The summed E-state index contributed by atoms with van der Waals surface area (Å²) in [4.78, 5) is 10.3. The fraction of sp³-hybridized carbons (Fsp3) is 0.833. The number of hydrogen-bond donors (Lipinski definition) is 2. The maximum atomic E-state index is 10.3. The summed E-state index contributed by atoms with van der Waals surface area (Å²) in [6, 6.07) is -0.583. The molecule has 0 fully saturated rings. The number of carboxylic acid groups (broad SMARTS) is 1. The lowest BCUT2D eigenvalue weighted by Crippen LogP contribution is -2.38. The number of hydrogen-bond acceptors (Lipinski definition) is 3. The number of carbonyl (C=O) groups is 1. The van der Waals surface area contributed by atoms with Gasteiger partial charge in [-0.2, -0.15) is 0 Å². The monoisotopic (exact) mass is 147 g/mol. The van der Waals surface area contributed by atoms with Crippen molar-refractivity contribution >= 4 is 5.97 Å². The predicted octanol–water partition coefficient (Wildman–Crippen LogP) is -0.305. The van der Waals surface area contributed by atoms with Gasteiger partial charge in [0.15, 0.2) is 0 Å². The molecule has 4 nitrogen and oxygen atoms in total. The Morgan fingerprint density at radius 1 is 1.80 bits per heavy atom. The number of aliphatic carboxylic acids is 1. The predicted molar refractivity (Wildman–Crippen MR) is 37.0 cm³/mol. The van der Waals surface area contributed by atoms with Crippen LogP contribution >= 0.6 is 0 Å². The van der Waals surface area contributed by atoms with E-state index in [9.17, 15) is 4.79 Å². The Bertz CT molecular complexity index is 105. The summed E-state index contributed by atoms with van der Waals surface area (Å²) in [7, 11) is 1.60. The largest absolute Gasteiger partial charge is 0.480 e. The Kier molecular flexibility index (Phi) is 4.88. The highest BCUT2D eigenvalue weighted by molar-refractivity contribution is 5.73. The summed E-state index contributed by atoms with van der Waals surface area (Å²) in [5.74, 6) is -0.879. The second kappa shape index (κ2) is 5.20. The van der Waals surface area contributed by atoms with E-state index in [-0.39, 0.29) is 6.61 Å². The first kappa shape index (κ1) is 9.39. The molecule has 0 aromatic rings. The summed E-state index contributed by atoms with van der Waals surface area (Å²) in [6.07, 6.45) is 0. The SMILES string of the molecule is CCOC[C@H](NC)C(=O)O. The zero-order chi connectivity index (χ0) is 7.98. The van der Waals surface area contributed by atoms with Crippen LogP contribution in [0.1, 0.15) is 6.92 Å². The molecule has 2 N–H and O–H groups in total. The van der Waals surface area contributed by atoms with Crippen molar-refractivity contribution in [2.24, 2.45) is 0 Å². The van der Waals surface area contributed by atoms with E-state index in [1.54, 1.807) is 7.05 Å². The first-order chi connectivity index (χ1) is 4.72. The molecule has 10 heavy (non-hydrogen) atoms. The van der Waals surface area contributed by atoms with Gasteiger partial charge < -0.3 is 15.2 Å². The highest BCUT2D eigenvalue weighted by Gasteiger charge is 2.13. The van der Waals surface area contributed by atoms with E-state index >= 15 is 0 Å². The van der Waals surface area contributed by atoms with Crippen LogP contribution in [0.5, 0.6) is 0 Å². The van der Waals surface area contributed by atoms with E-state index in [4.69, 9.17) is 9.84 Å². The highest BCUT2D eigenvalue weighted by atomic mass is 16.5. The summed E-state index contributed by atoms with van der Waals surface area (Å²) in [5, 5.41) is 11.1. The van der Waals surface area contributed by atoms with E-state index < -0.39 is 12.0 Å². The Morgan fingerprint density at radius 2 is 2.40 bits per heavy atom. The van der Waals surface area contributed by atoms with Crippen molar-refractivity contribution < 1.29 is 14.6 Å². The zero-order valence-electron chi connectivity index (χ0n) is 6.26. The molecule has 0 aliphatic rings. The van der Waals surface area contributed by atoms with Crippen LogP contribution in [0.2, 0.25) is 0 Å². The number of rotatable bonds is 5. The number of nitrogens with one attached hydrogen (secondary N) is 1. The molecule has 1 atom stereocenters. The lowest BCUT2D eigenvalue weighted by molar-refractivity contribution is -0.140. The molecular formula is C6H13NO3. The second-order valence-electron chi connectivity index (χ2n) is 1.84. The van der Waals surface area contributed by atoms with E-state index in [1.165, 1.54) is 0 Å². The van der Waals surface area contributed by atoms with Crippen LogP contribution in [0.25, 0.3) is 0 Å². The van der Waals surface area contributed by atoms with Gasteiger partial charge in [0.2, 0.25) is 0 Å². The maximum Gasteiger partial charge on any atom is 0.323 e. The van der Waals surface area contributed by atoms with E-state index in [2.05, 4.69) is 5.32 Å². The molecule has 60 valence electrons. The van der Waals surface area contributed by atoms with Crippen LogP contribution in [-0.4, -0.2) is 37.4 Å². The first-order valence-corrected chi connectivity index (χ1v) is 3.20. The topological polar surface area (TPSA) is 58.6 Å². The van der Waals surface area contributed by atoms with Gasteiger partial charge in [-0.15, -0.1) is 0 Å². The molecule has 0 saturated heterocycles. The molecule has 0 amide bonds. The van der Waals surface area contributed by atoms with Crippen LogP contribution in [0.3, 0.4) is 0 Å². The first-order valence-electron chi connectivity index (χ1n) is 3.20. The molecular weight excluding hydrogens is 134 g/mol. The minimum absolute atomic E-state index is 0.225. The van der Waals surface area contributed by atoms with Gasteiger partial charge in [-0.25, -0.2) is 0 Å². The van der Waals surface area contributed by atoms with Crippen molar-refractivity contribution in [1.29, 1.82) is 0 Å². The Labute approximate surface area is 60.2 Å². The van der Waals surface area contributed by atoms with Crippen molar-refractivity contribution in [3.8, 4) is 0 Å². The summed E-state index contributed by atoms with van der Waals surface area (Å²) < 4.78 is 4.90. The van der Waals surface area contributed by atoms with Crippen molar-refractivity contribution in [2.45, 2.75) is 13.0 Å². The lowest BCUT2D eigenvalue weighted by atomic mass is 10.3. The maximum absolute atomic E-state index is 10.3. The van der Waals surface area contributed by atoms with E-state index in [0.717, 1.165) is 0 Å². The van der Waals surface area contributed by atoms with E-state index in [1.807, 2.05) is 6.92 Å². The molecule has 0 aliphatic heterocycles. The third-order valence-corrected chi connectivity index (χ3v) is 1.14. The molecule has 0 radical (unpaired) electrons. The molecule has 0 saturated carbocycles. The van der Waals surface area contributed by atoms with Crippen LogP contribution in [0, 0.1) is 0 Å². The van der Waals surface area contributed by atoms with Crippen LogP contribution < -0.4 is 5.32 Å². The molecule has 0 aromatic carbocycles. The van der Waals surface area contributed by atoms with Crippen molar-refractivity contribution in [3.63, 3.8) is 0 Å². The molecule has 0 heterocycles. The standard InChI is InChI=1S/C6H13NO3/c1-3-10-4-5(7-2)6(8)9/h5,7H,3-4H2,1-2H3,(H,8,9)/t5-/m0/s1. The van der Waals surface area contributed by atoms with Gasteiger partial charge in [0, 0.05) is 6.61 Å². The normalized spacial score (nSPS) is 13.0. The van der Waals surface area contributed by atoms with Crippen molar-refractivity contribution in [2.75, 3.05) is 20.3 Å². The van der Waals surface area contributed by atoms with Gasteiger partial charge in [0.25, 0.3) is 0 Å². The van der Waals surface area contributed by atoms with Gasteiger partial charge in [-0.05, 0) is 14.0 Å². The Hall–Kier alpha value is -0.610. The molecule has 0 unspecified atom stereocenters. The molecule has 0 rings (SSSR count). The third kappa shape index (κ3) is 3.42. The third-order valence-electron chi connectivity index (χ3n) is 1.14. The average Bonchev–Trinajstić information content (AvgIpc) is 1.89. The number of likely N-dealkylation sites (N-methyl/N-ethyl adjacent to an activating group) is 1. The Morgan fingerprint density at radius 3 is 2.70 bits per heavy atom. The Balaban J connectivity index is 3.50. The molecule has 0 spiro atoms. The molecule has 0 bridgehead atoms. The van der Waals surface area contributed by atoms with Crippen LogP contribution in [-0.2, 0) is 9.53 Å². The van der Waals surface area contributed by atoms with Crippen molar-refractivity contribution in [1.82, 2.24) is 5.32 Å². The summed E-state index contributed by atoms with van der Waals surface area (Å²) in [6.45, 7) is 2.60. The summed E-state index contributed by atoms with van der Waals surface area (Å²) >= 11 is 0. The van der Waals surface area contributed by atoms with Gasteiger partial charge in [-0.1, -0.05) is 0 Å². The van der Waals surface area contributed by atoms with Crippen LogP contribution in [0.15, 0.2) is 0 Å². The van der Waals surface area contributed by atoms with Crippen LogP contribution in [0.4, 0.5) is 0 Å². The average molecular weight is 147 g/mol. The second-order valence-corrected chi connectivity index (χ2v) is 1.84. The smallest absolute Gasteiger partial charge is 0.323 e. The molecule has 0 aromatic heterocycles. The van der Waals surface area contributed by atoms with Gasteiger partial charge >= 0.3 is 5.97 Å². The molecule has 0 aliphatic carbocycles. The fourth-order valence-corrected chi connectivity index (χ4v) is 0.514. The van der Waals surface area contributed by atoms with Gasteiger partial charge in [-0.3, -0.25) is 4.79 Å². The van der Waals surface area contributed by atoms with Gasteiger partial charge in [0.1, 0.15) is 6.04 Å². The number of ether oxygens (including phenoxy) is 1. The lowest BCUT2D eigenvalue weighted by Gasteiger charge is -2.09. The minimum atomic E-state index is -0.879. The van der Waals surface area contributed by atoms with Crippen molar-refractivity contribution in [3.05, 3.63) is 0 Å². The summed E-state index contributed by atoms with van der Waals surface area (Å²) in [5.41, 5.74) is 0. The minimum Gasteiger partial charge on any atom is -0.480 e. The van der Waals surface area contributed by atoms with Gasteiger partial charge in [0.05, 0.1) is 6.61 Å². The molecule has 4 heteroatoms. The quantitative estimate of drug-likeness (QED) is 0.560. The fourth-order valence-electron chi connectivity index (χ4n) is 0.514. The number of carboxylic acids is 1. The highest BCUT2D eigenvalue weighted by Crippen LogP contribution is 1.84. The zero-order valence-corrected chi connectivity index (χ0v) is 6.26. The van der Waals surface area contributed by atoms with E-state index in [0.29, 0.717) is 6.61 Å².